The standard InChI is InChI=1S/C15H16F3NO4S/c1-23-9-3-2-4-10(5-9)24-8-13(20)19-6-11(14(21)22)12(7-19)15(16,17)18/h2-5,11-12H,6-8H2,1H3,(H,21,22)/t11-,12-/m1/s1. The van der Waals surface area contributed by atoms with Gasteiger partial charge < -0.3 is 14.7 Å². The molecule has 1 heterocycles. The van der Waals surface area contributed by atoms with Crippen LogP contribution in [-0.2, 0) is 9.59 Å². The van der Waals surface area contributed by atoms with Gasteiger partial charge in [0, 0.05) is 18.0 Å². The van der Waals surface area contributed by atoms with E-state index >= 15 is 0 Å². The van der Waals surface area contributed by atoms with Crippen LogP contribution in [0.1, 0.15) is 0 Å². The summed E-state index contributed by atoms with van der Waals surface area (Å²) in [5.41, 5.74) is 0. The van der Waals surface area contributed by atoms with Gasteiger partial charge in [0.25, 0.3) is 0 Å². The van der Waals surface area contributed by atoms with Crippen molar-refractivity contribution < 1.29 is 32.6 Å². The van der Waals surface area contributed by atoms with E-state index < -0.39 is 43.0 Å². The Morgan fingerprint density at radius 1 is 1.38 bits per heavy atom. The number of carboxylic acids is 1. The molecule has 1 N–H and O–H groups in total. The van der Waals surface area contributed by atoms with Crippen molar-refractivity contribution in [2.24, 2.45) is 11.8 Å². The minimum atomic E-state index is -4.64. The van der Waals surface area contributed by atoms with Crippen molar-refractivity contribution >= 4 is 23.6 Å². The molecule has 0 spiro atoms. The van der Waals surface area contributed by atoms with Gasteiger partial charge in [-0.2, -0.15) is 13.2 Å². The van der Waals surface area contributed by atoms with Crippen LogP contribution >= 0.6 is 11.8 Å². The molecule has 0 unspecified atom stereocenters. The lowest BCUT2D eigenvalue weighted by Gasteiger charge is -2.18. The summed E-state index contributed by atoms with van der Waals surface area (Å²) in [6, 6.07) is 6.93. The highest BCUT2D eigenvalue weighted by Crippen LogP contribution is 2.38. The number of hydrogen-bond acceptors (Lipinski definition) is 4. The van der Waals surface area contributed by atoms with E-state index in [2.05, 4.69) is 0 Å². The predicted octanol–water partition coefficient (Wildman–Crippen LogP) is 2.51. The molecular formula is C15H16F3NO4S. The molecule has 132 valence electrons. The zero-order valence-electron chi connectivity index (χ0n) is 12.7. The summed E-state index contributed by atoms with van der Waals surface area (Å²) < 4.78 is 43.8. The van der Waals surface area contributed by atoms with E-state index in [1.807, 2.05) is 0 Å². The van der Waals surface area contributed by atoms with Crippen LogP contribution in [0.2, 0.25) is 0 Å². The van der Waals surface area contributed by atoms with Gasteiger partial charge in [-0.05, 0) is 18.2 Å². The Morgan fingerprint density at radius 3 is 2.62 bits per heavy atom. The monoisotopic (exact) mass is 363 g/mol. The molecule has 24 heavy (non-hydrogen) atoms. The molecule has 1 aliphatic heterocycles. The summed E-state index contributed by atoms with van der Waals surface area (Å²) in [4.78, 5) is 24.9. The number of benzene rings is 1. The van der Waals surface area contributed by atoms with Gasteiger partial charge in [-0.25, -0.2) is 0 Å². The van der Waals surface area contributed by atoms with Crippen LogP contribution in [0.5, 0.6) is 5.75 Å². The molecule has 9 heteroatoms. The fraction of sp³-hybridized carbons (Fsp3) is 0.467. The first kappa shape index (κ1) is 18.4. The molecule has 1 aromatic rings. The Kier molecular flexibility index (Phi) is 5.63. The maximum atomic E-state index is 12.9. The summed E-state index contributed by atoms with van der Waals surface area (Å²) in [6.07, 6.45) is -4.64. The third-order valence-electron chi connectivity index (χ3n) is 3.81. The molecule has 1 saturated heterocycles. The summed E-state index contributed by atoms with van der Waals surface area (Å²) in [5, 5.41) is 8.96. The summed E-state index contributed by atoms with van der Waals surface area (Å²) >= 11 is 1.16. The van der Waals surface area contributed by atoms with Crippen LogP contribution in [0.4, 0.5) is 13.2 Å². The van der Waals surface area contributed by atoms with Crippen LogP contribution < -0.4 is 4.74 Å². The number of nitrogens with zero attached hydrogens (tertiary/aromatic N) is 1. The zero-order valence-corrected chi connectivity index (χ0v) is 13.6. The first-order valence-corrected chi connectivity index (χ1v) is 8.05. The molecule has 1 amide bonds. The smallest absolute Gasteiger partial charge is 0.394 e. The fourth-order valence-corrected chi connectivity index (χ4v) is 3.36. The molecule has 1 aliphatic rings. The van der Waals surface area contributed by atoms with Crippen molar-refractivity contribution in [3.8, 4) is 5.75 Å². The first-order valence-electron chi connectivity index (χ1n) is 7.06. The van der Waals surface area contributed by atoms with Crippen molar-refractivity contribution in [2.75, 3.05) is 26.0 Å². The average Bonchev–Trinajstić information content (AvgIpc) is 2.98. The topological polar surface area (TPSA) is 66.8 Å². The molecule has 2 atom stereocenters. The number of alkyl halides is 3. The van der Waals surface area contributed by atoms with Gasteiger partial charge in [0.05, 0.1) is 24.7 Å². The number of hydrogen-bond donors (Lipinski definition) is 1. The second-order valence-electron chi connectivity index (χ2n) is 5.36. The summed E-state index contributed by atoms with van der Waals surface area (Å²) in [5.74, 6) is -5.15. The minimum Gasteiger partial charge on any atom is -0.497 e. The lowest BCUT2D eigenvalue weighted by atomic mass is 9.96. The number of halogens is 3. The molecular weight excluding hydrogens is 347 g/mol. The van der Waals surface area contributed by atoms with Crippen molar-refractivity contribution in [3.05, 3.63) is 24.3 Å². The van der Waals surface area contributed by atoms with Crippen molar-refractivity contribution in [3.63, 3.8) is 0 Å². The second-order valence-corrected chi connectivity index (χ2v) is 6.41. The highest BCUT2D eigenvalue weighted by molar-refractivity contribution is 8.00. The highest BCUT2D eigenvalue weighted by atomic mass is 32.2. The number of aliphatic carboxylic acids is 1. The maximum absolute atomic E-state index is 12.9. The molecule has 1 aromatic carbocycles. The average molecular weight is 363 g/mol. The number of carbonyl (C=O) groups excluding carboxylic acids is 1. The van der Waals surface area contributed by atoms with E-state index in [1.165, 1.54) is 7.11 Å². The fourth-order valence-electron chi connectivity index (χ4n) is 2.52. The van der Waals surface area contributed by atoms with Crippen LogP contribution in [0, 0.1) is 11.8 Å². The summed E-state index contributed by atoms with van der Waals surface area (Å²) in [6.45, 7) is -1.03. The lowest BCUT2D eigenvalue weighted by Crippen LogP contribution is -2.34. The van der Waals surface area contributed by atoms with Gasteiger partial charge in [0.1, 0.15) is 5.75 Å². The SMILES string of the molecule is COc1cccc(SCC(=O)N2C[C@@H](C(F)(F)F)[C@H](C(=O)O)C2)c1. The van der Waals surface area contributed by atoms with Gasteiger partial charge in [0.2, 0.25) is 5.91 Å². The molecule has 0 radical (unpaired) electrons. The van der Waals surface area contributed by atoms with Gasteiger partial charge in [-0.1, -0.05) is 6.07 Å². The van der Waals surface area contributed by atoms with Gasteiger partial charge in [0.15, 0.2) is 0 Å². The van der Waals surface area contributed by atoms with Gasteiger partial charge in [-0.3, -0.25) is 9.59 Å². The largest absolute Gasteiger partial charge is 0.497 e. The van der Waals surface area contributed by atoms with E-state index in [4.69, 9.17) is 9.84 Å². The summed E-state index contributed by atoms with van der Waals surface area (Å²) in [7, 11) is 1.50. The number of thioether (sulfide) groups is 1. The molecule has 0 bridgehead atoms. The Bertz CT molecular complexity index is 623. The molecule has 1 fully saturated rings. The zero-order chi connectivity index (χ0) is 17.9. The number of ether oxygens (including phenoxy) is 1. The van der Waals surface area contributed by atoms with Crippen LogP contribution in [-0.4, -0.2) is 54.0 Å². The minimum absolute atomic E-state index is 0.0654. The predicted molar refractivity (Wildman–Crippen MR) is 81.0 cm³/mol. The second kappa shape index (κ2) is 7.33. The van der Waals surface area contributed by atoms with Crippen molar-refractivity contribution in [2.45, 2.75) is 11.1 Å². The van der Waals surface area contributed by atoms with Crippen LogP contribution in [0.3, 0.4) is 0 Å². The van der Waals surface area contributed by atoms with E-state index in [1.54, 1.807) is 24.3 Å². The van der Waals surface area contributed by atoms with Gasteiger partial charge >= 0.3 is 12.1 Å². The molecule has 2 rings (SSSR count). The highest BCUT2D eigenvalue weighted by Gasteiger charge is 2.53. The Morgan fingerprint density at radius 2 is 2.08 bits per heavy atom. The molecule has 5 nitrogen and oxygen atoms in total. The van der Waals surface area contributed by atoms with Crippen molar-refractivity contribution in [1.29, 1.82) is 0 Å². The van der Waals surface area contributed by atoms with Gasteiger partial charge in [-0.15, -0.1) is 11.8 Å². The number of rotatable bonds is 5. The maximum Gasteiger partial charge on any atom is 0.394 e. The normalized spacial score (nSPS) is 20.9. The van der Waals surface area contributed by atoms with E-state index in [0.717, 1.165) is 21.6 Å². The number of carbonyl (C=O) groups is 2. The number of methoxy groups -OCH3 is 1. The van der Waals surface area contributed by atoms with E-state index in [-0.39, 0.29) is 5.75 Å². The van der Waals surface area contributed by atoms with Crippen LogP contribution in [0.15, 0.2) is 29.2 Å². The number of amides is 1. The molecule has 0 aromatic heterocycles. The Balaban J connectivity index is 1.98. The first-order chi connectivity index (χ1) is 11.2. The quantitative estimate of drug-likeness (QED) is 0.815. The van der Waals surface area contributed by atoms with Crippen molar-refractivity contribution in [1.82, 2.24) is 4.90 Å². The number of likely N-dealkylation sites (tertiary alicyclic amines) is 1. The molecule has 0 saturated carbocycles. The molecule has 0 aliphatic carbocycles. The Labute approximate surface area is 140 Å². The van der Waals surface area contributed by atoms with Crippen LogP contribution in [0.25, 0.3) is 0 Å². The van der Waals surface area contributed by atoms with E-state index in [0.29, 0.717) is 5.75 Å². The third-order valence-corrected chi connectivity index (χ3v) is 4.79. The lowest BCUT2D eigenvalue weighted by molar-refractivity contribution is -0.188. The van der Waals surface area contributed by atoms with E-state index in [9.17, 15) is 22.8 Å². The number of carboxylic acid groups (broad SMARTS) is 1. The Hall–Kier alpha value is -1.90. The third kappa shape index (κ3) is 4.34.